The van der Waals surface area contributed by atoms with Gasteiger partial charge in [0.2, 0.25) is 0 Å². The number of anilines is 1. The molecule has 0 bridgehead atoms. The number of urea groups is 1. The normalized spacial score (nSPS) is 10.9. The van der Waals surface area contributed by atoms with Crippen LogP contribution in [0, 0.1) is 13.8 Å². The van der Waals surface area contributed by atoms with Crippen LogP contribution in [0.25, 0.3) is 0 Å². The van der Waals surface area contributed by atoms with E-state index in [2.05, 4.69) is 41.6 Å². The van der Waals surface area contributed by atoms with E-state index >= 15 is 0 Å². The minimum Gasteiger partial charge on any atom is -0.318 e. The van der Waals surface area contributed by atoms with E-state index in [1.807, 2.05) is 36.9 Å². The molecule has 0 aliphatic carbocycles. The van der Waals surface area contributed by atoms with Crippen LogP contribution in [-0.4, -0.2) is 42.0 Å². The molecule has 1 aromatic carbocycles. The number of benzene rings is 1. The van der Waals surface area contributed by atoms with E-state index < -0.39 is 0 Å². The first kappa shape index (κ1) is 19.5. The van der Waals surface area contributed by atoms with E-state index in [9.17, 15) is 4.79 Å². The Morgan fingerprint density at radius 2 is 1.88 bits per heavy atom. The number of aryl methyl sites for hydroxylation is 2. The average Bonchev–Trinajstić information content (AvgIpc) is 3.11. The standard InChI is InChI=1S/C20H29N3OS/c1-5-22(6-2)11-12-23(15-18-8-7-13-25-18)20(24)21-19-14-16(3)9-10-17(19)4/h7-10,13-14H,5-6,11-12,15H2,1-4H3,(H,21,24). The Morgan fingerprint density at radius 3 is 2.52 bits per heavy atom. The molecule has 0 spiro atoms. The molecule has 0 atom stereocenters. The number of rotatable bonds is 8. The maximum Gasteiger partial charge on any atom is 0.322 e. The molecule has 1 aromatic heterocycles. The molecule has 4 nitrogen and oxygen atoms in total. The molecule has 2 aromatic rings. The predicted octanol–water partition coefficient (Wildman–Crippen LogP) is 4.74. The molecule has 2 rings (SSSR count). The summed E-state index contributed by atoms with van der Waals surface area (Å²) in [7, 11) is 0. The van der Waals surface area contributed by atoms with Crippen molar-refractivity contribution < 1.29 is 4.79 Å². The number of carbonyl (C=O) groups excluding carboxylic acids is 1. The van der Waals surface area contributed by atoms with E-state index in [0.29, 0.717) is 6.54 Å². The zero-order valence-electron chi connectivity index (χ0n) is 15.7. The lowest BCUT2D eigenvalue weighted by molar-refractivity contribution is 0.195. The van der Waals surface area contributed by atoms with Crippen LogP contribution in [0.1, 0.15) is 29.9 Å². The van der Waals surface area contributed by atoms with Gasteiger partial charge in [0.15, 0.2) is 0 Å². The van der Waals surface area contributed by atoms with E-state index in [0.717, 1.165) is 43.0 Å². The highest BCUT2D eigenvalue weighted by Crippen LogP contribution is 2.18. The van der Waals surface area contributed by atoms with Crippen molar-refractivity contribution in [2.24, 2.45) is 0 Å². The number of nitrogens with zero attached hydrogens (tertiary/aromatic N) is 2. The third-order valence-corrected chi connectivity index (χ3v) is 5.29. The molecule has 0 fully saturated rings. The summed E-state index contributed by atoms with van der Waals surface area (Å²) in [6.07, 6.45) is 0. The maximum absolute atomic E-state index is 12.9. The van der Waals surface area contributed by atoms with Crippen LogP contribution in [0.4, 0.5) is 10.5 Å². The Labute approximate surface area is 155 Å². The van der Waals surface area contributed by atoms with Crippen LogP contribution >= 0.6 is 11.3 Å². The number of carbonyl (C=O) groups is 1. The van der Waals surface area contributed by atoms with Gasteiger partial charge in [-0.1, -0.05) is 32.0 Å². The maximum atomic E-state index is 12.9. The van der Waals surface area contributed by atoms with Crippen molar-refractivity contribution in [2.45, 2.75) is 34.2 Å². The summed E-state index contributed by atoms with van der Waals surface area (Å²) < 4.78 is 0. The molecular formula is C20H29N3OS. The van der Waals surface area contributed by atoms with Gasteiger partial charge in [0.25, 0.3) is 0 Å². The summed E-state index contributed by atoms with van der Waals surface area (Å²) in [6.45, 7) is 12.6. The molecule has 0 radical (unpaired) electrons. The number of hydrogen-bond donors (Lipinski definition) is 1. The van der Waals surface area contributed by atoms with Crippen LogP contribution in [0.2, 0.25) is 0 Å². The first-order chi connectivity index (χ1) is 12.0. The van der Waals surface area contributed by atoms with Gasteiger partial charge in [0.05, 0.1) is 6.54 Å². The third-order valence-electron chi connectivity index (χ3n) is 4.43. The Kier molecular flexibility index (Phi) is 7.47. The largest absolute Gasteiger partial charge is 0.322 e. The zero-order chi connectivity index (χ0) is 18.2. The Bertz CT molecular complexity index is 666. The summed E-state index contributed by atoms with van der Waals surface area (Å²) in [5, 5.41) is 5.15. The number of amides is 2. The quantitative estimate of drug-likeness (QED) is 0.739. The predicted molar refractivity (Wildman–Crippen MR) is 107 cm³/mol. The second-order valence-corrected chi connectivity index (χ2v) is 7.31. The van der Waals surface area contributed by atoms with E-state index in [-0.39, 0.29) is 6.03 Å². The molecule has 0 saturated carbocycles. The number of thiophene rings is 1. The highest BCUT2D eigenvalue weighted by Gasteiger charge is 2.16. The van der Waals surface area contributed by atoms with Gasteiger partial charge in [-0.2, -0.15) is 0 Å². The van der Waals surface area contributed by atoms with Crippen molar-refractivity contribution in [1.29, 1.82) is 0 Å². The lowest BCUT2D eigenvalue weighted by atomic mass is 10.1. The van der Waals surface area contributed by atoms with Crippen molar-refractivity contribution in [3.05, 3.63) is 51.7 Å². The molecular weight excluding hydrogens is 330 g/mol. The average molecular weight is 360 g/mol. The summed E-state index contributed by atoms with van der Waals surface area (Å²) in [5.74, 6) is 0. The molecule has 1 N–H and O–H groups in total. The minimum atomic E-state index is -0.0331. The van der Waals surface area contributed by atoms with Gasteiger partial charge < -0.3 is 15.1 Å². The topological polar surface area (TPSA) is 35.6 Å². The molecule has 0 saturated heterocycles. The number of nitrogens with one attached hydrogen (secondary N) is 1. The SMILES string of the molecule is CCN(CC)CCN(Cc1cccs1)C(=O)Nc1cc(C)ccc1C. The molecule has 0 unspecified atom stereocenters. The monoisotopic (exact) mass is 359 g/mol. The van der Waals surface area contributed by atoms with Crippen LogP contribution in [-0.2, 0) is 6.54 Å². The smallest absolute Gasteiger partial charge is 0.318 e. The molecule has 0 aliphatic heterocycles. The van der Waals surface area contributed by atoms with Gasteiger partial charge in [0, 0.05) is 23.7 Å². The van der Waals surface area contributed by atoms with Gasteiger partial charge in [-0.25, -0.2) is 4.79 Å². The van der Waals surface area contributed by atoms with Crippen molar-refractivity contribution in [3.63, 3.8) is 0 Å². The van der Waals surface area contributed by atoms with Gasteiger partial charge in [0.1, 0.15) is 0 Å². The van der Waals surface area contributed by atoms with Crippen molar-refractivity contribution in [2.75, 3.05) is 31.5 Å². The molecule has 5 heteroatoms. The minimum absolute atomic E-state index is 0.0331. The summed E-state index contributed by atoms with van der Waals surface area (Å²) >= 11 is 1.69. The molecule has 1 heterocycles. The van der Waals surface area contributed by atoms with Gasteiger partial charge >= 0.3 is 6.03 Å². The van der Waals surface area contributed by atoms with E-state index in [1.165, 1.54) is 4.88 Å². The Hall–Kier alpha value is -1.85. The molecule has 2 amide bonds. The van der Waals surface area contributed by atoms with E-state index in [4.69, 9.17) is 0 Å². The summed E-state index contributed by atoms with van der Waals surface area (Å²) in [4.78, 5) is 18.3. The first-order valence-corrected chi connectivity index (χ1v) is 9.79. The zero-order valence-corrected chi connectivity index (χ0v) is 16.5. The highest BCUT2D eigenvalue weighted by molar-refractivity contribution is 7.09. The number of likely N-dealkylation sites (N-methyl/N-ethyl adjacent to an activating group) is 1. The fourth-order valence-electron chi connectivity index (χ4n) is 2.71. The summed E-state index contributed by atoms with van der Waals surface area (Å²) in [5.41, 5.74) is 3.12. The second-order valence-electron chi connectivity index (χ2n) is 6.28. The fourth-order valence-corrected chi connectivity index (χ4v) is 3.43. The lowest BCUT2D eigenvalue weighted by Gasteiger charge is -2.26. The van der Waals surface area contributed by atoms with Crippen molar-refractivity contribution in [1.82, 2.24) is 9.80 Å². The van der Waals surface area contributed by atoms with Crippen LogP contribution < -0.4 is 5.32 Å². The lowest BCUT2D eigenvalue weighted by Crippen LogP contribution is -2.40. The Balaban J connectivity index is 2.09. The number of hydrogen-bond acceptors (Lipinski definition) is 3. The molecule has 0 aliphatic rings. The van der Waals surface area contributed by atoms with Crippen LogP contribution in [0.3, 0.4) is 0 Å². The molecule has 136 valence electrons. The van der Waals surface area contributed by atoms with Gasteiger partial charge in [-0.05, 0) is 55.6 Å². The summed E-state index contributed by atoms with van der Waals surface area (Å²) in [6, 6.07) is 10.2. The molecule has 25 heavy (non-hydrogen) atoms. The van der Waals surface area contributed by atoms with E-state index in [1.54, 1.807) is 11.3 Å². The third kappa shape index (κ3) is 5.87. The highest BCUT2D eigenvalue weighted by atomic mass is 32.1. The van der Waals surface area contributed by atoms with Crippen molar-refractivity contribution >= 4 is 23.1 Å². The van der Waals surface area contributed by atoms with Crippen molar-refractivity contribution in [3.8, 4) is 0 Å². The van der Waals surface area contributed by atoms with Crippen LogP contribution in [0.5, 0.6) is 0 Å². The fraction of sp³-hybridized carbons (Fsp3) is 0.450. The van der Waals surface area contributed by atoms with Gasteiger partial charge in [-0.3, -0.25) is 0 Å². The Morgan fingerprint density at radius 1 is 1.12 bits per heavy atom. The van der Waals surface area contributed by atoms with Gasteiger partial charge in [-0.15, -0.1) is 11.3 Å². The second kappa shape index (κ2) is 9.59. The first-order valence-electron chi connectivity index (χ1n) is 8.91. The van der Waals surface area contributed by atoms with Crippen LogP contribution in [0.15, 0.2) is 35.7 Å².